The monoisotopic (exact) mass is 457 g/mol. The summed E-state index contributed by atoms with van der Waals surface area (Å²) in [6, 6.07) is 16.2. The van der Waals surface area contributed by atoms with Crippen LogP contribution >= 0.6 is 11.3 Å². The van der Waals surface area contributed by atoms with Crippen LogP contribution in [-0.2, 0) is 15.8 Å². The zero-order valence-electron chi connectivity index (χ0n) is 17.1. The number of nitrogens with one attached hydrogen (secondary N) is 1. The van der Waals surface area contributed by atoms with Crippen LogP contribution in [0.4, 0.5) is 5.13 Å². The molecule has 3 aromatic rings. The van der Waals surface area contributed by atoms with Gasteiger partial charge in [0, 0.05) is 37.3 Å². The summed E-state index contributed by atoms with van der Waals surface area (Å²) in [5.74, 6) is -0.389. The van der Waals surface area contributed by atoms with Crippen molar-refractivity contribution < 1.29 is 13.2 Å². The summed E-state index contributed by atoms with van der Waals surface area (Å²) in [5, 5.41) is 12.0. The van der Waals surface area contributed by atoms with E-state index in [4.69, 9.17) is 0 Å². The molecule has 1 aliphatic rings. The van der Waals surface area contributed by atoms with E-state index in [9.17, 15) is 13.2 Å². The molecule has 1 fully saturated rings. The second-order valence-electron chi connectivity index (χ2n) is 7.39. The summed E-state index contributed by atoms with van der Waals surface area (Å²) < 4.78 is 26.8. The lowest BCUT2D eigenvalue weighted by molar-refractivity contribution is 0.102. The first kappa shape index (κ1) is 21.6. The number of aromatic nitrogens is 2. The summed E-state index contributed by atoms with van der Waals surface area (Å²) in [6.45, 7) is 2.48. The Labute approximate surface area is 185 Å². The van der Waals surface area contributed by atoms with Crippen molar-refractivity contribution in [3.8, 4) is 10.6 Å². The largest absolute Gasteiger partial charge is 0.304 e. The Balaban J connectivity index is 1.38. The van der Waals surface area contributed by atoms with E-state index < -0.39 is 10.0 Å². The number of sulfonamides is 1. The number of piperazine rings is 1. The van der Waals surface area contributed by atoms with Gasteiger partial charge in [-0.3, -0.25) is 10.1 Å². The average molecular weight is 458 g/mol. The molecule has 0 radical (unpaired) electrons. The fourth-order valence-electron chi connectivity index (χ4n) is 3.26. The summed E-state index contributed by atoms with van der Waals surface area (Å²) >= 11 is 1.29. The molecule has 1 aliphatic heterocycles. The number of hydrogen-bond acceptors (Lipinski definition) is 7. The second-order valence-corrected chi connectivity index (χ2v) is 10.3. The lowest BCUT2D eigenvalue weighted by atomic mass is 10.1. The number of carbonyl (C=O) groups is 1. The number of rotatable bonds is 6. The van der Waals surface area contributed by atoms with Gasteiger partial charge in [0.05, 0.1) is 5.75 Å². The Morgan fingerprint density at radius 3 is 2.35 bits per heavy atom. The fraction of sp³-hybridized carbons (Fsp3) is 0.286. The number of carbonyl (C=O) groups excluding carboxylic acids is 1. The van der Waals surface area contributed by atoms with E-state index in [0.29, 0.717) is 29.3 Å². The third kappa shape index (κ3) is 5.34. The lowest BCUT2D eigenvalue weighted by Gasteiger charge is -2.31. The smallest absolute Gasteiger partial charge is 0.257 e. The molecule has 162 valence electrons. The molecule has 0 bridgehead atoms. The minimum absolute atomic E-state index is 0.0740. The number of amides is 1. The lowest BCUT2D eigenvalue weighted by Crippen LogP contribution is -2.47. The zero-order valence-corrected chi connectivity index (χ0v) is 18.7. The van der Waals surface area contributed by atoms with Crippen molar-refractivity contribution >= 4 is 32.4 Å². The normalized spacial score (nSPS) is 15.6. The molecule has 1 N–H and O–H groups in total. The van der Waals surface area contributed by atoms with E-state index in [1.165, 1.54) is 15.6 Å². The van der Waals surface area contributed by atoms with Crippen molar-refractivity contribution in [2.24, 2.45) is 0 Å². The molecule has 1 aromatic heterocycles. The molecule has 0 atom stereocenters. The third-order valence-electron chi connectivity index (χ3n) is 5.09. The van der Waals surface area contributed by atoms with E-state index in [1.54, 1.807) is 24.3 Å². The zero-order chi connectivity index (χ0) is 21.8. The van der Waals surface area contributed by atoms with Gasteiger partial charge in [0.15, 0.2) is 0 Å². The van der Waals surface area contributed by atoms with Gasteiger partial charge in [-0.25, -0.2) is 8.42 Å². The minimum atomic E-state index is -3.38. The predicted octanol–water partition coefficient (Wildman–Crippen LogP) is 2.53. The highest BCUT2D eigenvalue weighted by atomic mass is 32.2. The van der Waals surface area contributed by atoms with Crippen LogP contribution in [0.1, 0.15) is 15.9 Å². The quantitative estimate of drug-likeness (QED) is 0.611. The third-order valence-corrected chi connectivity index (χ3v) is 7.82. The number of anilines is 1. The first-order chi connectivity index (χ1) is 14.9. The van der Waals surface area contributed by atoms with Crippen LogP contribution in [0.25, 0.3) is 10.6 Å². The van der Waals surface area contributed by atoms with Crippen molar-refractivity contribution in [2.75, 3.05) is 38.5 Å². The molecule has 4 rings (SSSR count). The van der Waals surface area contributed by atoms with E-state index in [-0.39, 0.29) is 11.7 Å². The van der Waals surface area contributed by atoms with Gasteiger partial charge in [0.2, 0.25) is 15.2 Å². The molecular weight excluding hydrogens is 434 g/mol. The Bertz CT molecular complexity index is 1140. The number of hydrogen-bond donors (Lipinski definition) is 1. The summed E-state index contributed by atoms with van der Waals surface area (Å²) in [7, 11) is -1.39. The molecule has 10 heteroatoms. The van der Waals surface area contributed by atoms with E-state index in [1.807, 2.05) is 37.4 Å². The standard InChI is InChI=1S/C21H23N5O3S2/c1-25-11-13-26(14-12-25)31(28,29)15-16-7-9-17(10-8-16)19(27)22-21-24-23-20(30-21)18-5-3-2-4-6-18/h2-10H,11-15H2,1H3,(H,22,24,27). The highest BCUT2D eigenvalue weighted by molar-refractivity contribution is 7.88. The van der Waals surface area contributed by atoms with Gasteiger partial charge in [0.25, 0.3) is 5.91 Å². The van der Waals surface area contributed by atoms with Crippen LogP contribution in [0.5, 0.6) is 0 Å². The van der Waals surface area contributed by atoms with Crippen LogP contribution in [0.15, 0.2) is 54.6 Å². The summed E-state index contributed by atoms with van der Waals surface area (Å²) in [5.41, 5.74) is 2.02. The van der Waals surface area contributed by atoms with Gasteiger partial charge in [-0.15, -0.1) is 10.2 Å². The molecule has 31 heavy (non-hydrogen) atoms. The summed E-state index contributed by atoms with van der Waals surface area (Å²) in [6.07, 6.45) is 0. The SMILES string of the molecule is CN1CCN(S(=O)(=O)Cc2ccc(C(=O)Nc3nnc(-c4ccccc4)s3)cc2)CC1. The van der Waals surface area contributed by atoms with Gasteiger partial charge < -0.3 is 4.90 Å². The van der Waals surface area contributed by atoms with Gasteiger partial charge in [-0.05, 0) is 24.7 Å². The Hall–Kier alpha value is -2.66. The maximum atomic E-state index is 12.7. The van der Waals surface area contributed by atoms with Crippen molar-refractivity contribution in [2.45, 2.75) is 5.75 Å². The maximum absolute atomic E-state index is 12.7. The van der Waals surface area contributed by atoms with Crippen LogP contribution in [0.2, 0.25) is 0 Å². The molecule has 8 nitrogen and oxygen atoms in total. The first-order valence-electron chi connectivity index (χ1n) is 9.86. The average Bonchev–Trinajstić information content (AvgIpc) is 3.23. The molecule has 0 unspecified atom stereocenters. The fourth-order valence-corrected chi connectivity index (χ4v) is 5.52. The number of nitrogens with zero attached hydrogens (tertiary/aromatic N) is 4. The van der Waals surface area contributed by atoms with Crippen molar-refractivity contribution in [1.29, 1.82) is 0 Å². The molecule has 2 heterocycles. The van der Waals surface area contributed by atoms with Gasteiger partial charge >= 0.3 is 0 Å². The van der Waals surface area contributed by atoms with E-state index >= 15 is 0 Å². The number of likely N-dealkylation sites (N-methyl/N-ethyl adjacent to an activating group) is 1. The van der Waals surface area contributed by atoms with Crippen LogP contribution in [-0.4, -0.2) is 67.0 Å². The molecule has 0 saturated carbocycles. The molecular formula is C21H23N5O3S2. The molecule has 2 aromatic carbocycles. The van der Waals surface area contributed by atoms with E-state index in [0.717, 1.165) is 23.7 Å². The topological polar surface area (TPSA) is 95.5 Å². The Kier molecular flexibility index (Phi) is 6.42. The maximum Gasteiger partial charge on any atom is 0.257 e. The molecule has 0 spiro atoms. The highest BCUT2D eigenvalue weighted by Crippen LogP contribution is 2.26. The molecule has 0 aliphatic carbocycles. The number of benzene rings is 2. The van der Waals surface area contributed by atoms with Gasteiger partial charge in [-0.2, -0.15) is 4.31 Å². The van der Waals surface area contributed by atoms with Crippen molar-refractivity contribution in [1.82, 2.24) is 19.4 Å². The highest BCUT2D eigenvalue weighted by Gasteiger charge is 2.25. The molecule has 1 saturated heterocycles. The van der Waals surface area contributed by atoms with Crippen LogP contribution < -0.4 is 5.32 Å². The van der Waals surface area contributed by atoms with Crippen molar-refractivity contribution in [3.63, 3.8) is 0 Å². The Morgan fingerprint density at radius 1 is 1.00 bits per heavy atom. The van der Waals surface area contributed by atoms with Gasteiger partial charge in [0.1, 0.15) is 5.01 Å². The minimum Gasteiger partial charge on any atom is -0.304 e. The Morgan fingerprint density at radius 2 is 1.68 bits per heavy atom. The van der Waals surface area contributed by atoms with Gasteiger partial charge in [-0.1, -0.05) is 53.8 Å². The van der Waals surface area contributed by atoms with Crippen molar-refractivity contribution in [3.05, 3.63) is 65.7 Å². The second kappa shape index (κ2) is 9.23. The predicted molar refractivity (Wildman–Crippen MR) is 121 cm³/mol. The summed E-state index contributed by atoms with van der Waals surface area (Å²) in [4.78, 5) is 14.6. The molecule has 1 amide bonds. The first-order valence-corrected chi connectivity index (χ1v) is 12.3. The van der Waals surface area contributed by atoms with E-state index in [2.05, 4.69) is 20.4 Å². The van der Waals surface area contributed by atoms with Crippen LogP contribution in [0, 0.1) is 0 Å². The van der Waals surface area contributed by atoms with Crippen LogP contribution in [0.3, 0.4) is 0 Å².